The number of anilines is 2. The average Bonchev–Trinajstić information content (AvgIpc) is 3.04. The van der Waals surface area contributed by atoms with Crippen LogP contribution in [0, 0.1) is 0 Å². The van der Waals surface area contributed by atoms with Crippen molar-refractivity contribution in [1.29, 1.82) is 0 Å². The monoisotopic (exact) mass is 380 g/mol. The predicted molar refractivity (Wildman–Crippen MR) is 116 cm³/mol. The fourth-order valence-electron chi connectivity index (χ4n) is 4.72. The Hall–Kier alpha value is -3.92. The maximum atomic E-state index is 10.4. The second-order valence-corrected chi connectivity index (χ2v) is 7.32. The molecule has 0 radical (unpaired) electrons. The van der Waals surface area contributed by atoms with E-state index in [4.69, 9.17) is 11.5 Å². The summed E-state index contributed by atoms with van der Waals surface area (Å²) in [5.41, 5.74) is 18.2. The molecule has 5 rings (SSSR count). The third kappa shape index (κ3) is 2.14. The molecule has 4 aromatic carbocycles. The van der Waals surface area contributed by atoms with Crippen molar-refractivity contribution >= 4 is 11.4 Å². The number of phenols is 2. The zero-order valence-electron chi connectivity index (χ0n) is 15.6. The third-order valence-electron chi connectivity index (χ3n) is 5.93. The van der Waals surface area contributed by atoms with Crippen LogP contribution in [-0.4, -0.2) is 10.2 Å². The van der Waals surface area contributed by atoms with Gasteiger partial charge in [-0.15, -0.1) is 0 Å². The fourth-order valence-corrected chi connectivity index (χ4v) is 4.72. The maximum absolute atomic E-state index is 10.4. The van der Waals surface area contributed by atoms with Gasteiger partial charge in [0.2, 0.25) is 0 Å². The molecule has 4 aromatic rings. The molecule has 4 heteroatoms. The topological polar surface area (TPSA) is 92.5 Å². The lowest BCUT2D eigenvalue weighted by molar-refractivity contribution is 0.475. The number of para-hydroxylation sites is 2. The van der Waals surface area contributed by atoms with Crippen LogP contribution in [0.5, 0.6) is 11.5 Å². The predicted octanol–water partition coefficient (Wildman–Crippen LogP) is 4.63. The summed E-state index contributed by atoms with van der Waals surface area (Å²) in [6, 6.07) is 26.8. The standard InChI is InChI=1S/C25H20N2O2/c26-23-19(11-5-13-21(23)28)25(20-12-6-14-22(29)24(20)27)17-9-3-1-7-15(17)16-8-2-4-10-18(16)25/h1-14,28-29H,26-27H2. The van der Waals surface area contributed by atoms with Crippen LogP contribution in [0.2, 0.25) is 0 Å². The Bertz CT molecular complexity index is 1160. The van der Waals surface area contributed by atoms with E-state index < -0.39 is 5.41 Å². The summed E-state index contributed by atoms with van der Waals surface area (Å²) in [6.07, 6.45) is 0. The molecule has 0 aromatic heterocycles. The van der Waals surface area contributed by atoms with Gasteiger partial charge in [-0.1, -0.05) is 72.8 Å². The molecule has 0 aliphatic heterocycles. The van der Waals surface area contributed by atoms with Crippen molar-refractivity contribution in [3.63, 3.8) is 0 Å². The zero-order chi connectivity index (χ0) is 20.2. The van der Waals surface area contributed by atoms with Gasteiger partial charge < -0.3 is 21.7 Å². The lowest BCUT2D eigenvalue weighted by Crippen LogP contribution is -2.30. The summed E-state index contributed by atoms with van der Waals surface area (Å²) in [7, 11) is 0. The molecular formula is C25H20N2O2. The first-order valence-electron chi connectivity index (χ1n) is 9.42. The quantitative estimate of drug-likeness (QED) is 0.265. The second kappa shape index (κ2) is 6.04. The van der Waals surface area contributed by atoms with Gasteiger partial charge in [-0.2, -0.15) is 0 Å². The highest BCUT2D eigenvalue weighted by molar-refractivity contribution is 5.90. The van der Waals surface area contributed by atoms with Gasteiger partial charge in [-0.05, 0) is 45.5 Å². The number of hydrogen-bond donors (Lipinski definition) is 4. The van der Waals surface area contributed by atoms with Crippen LogP contribution in [0.25, 0.3) is 11.1 Å². The van der Waals surface area contributed by atoms with Crippen LogP contribution < -0.4 is 11.5 Å². The number of benzene rings is 4. The summed E-state index contributed by atoms with van der Waals surface area (Å²) in [5.74, 6) is 0.0323. The Morgan fingerprint density at radius 2 is 0.862 bits per heavy atom. The third-order valence-corrected chi connectivity index (χ3v) is 5.93. The van der Waals surface area contributed by atoms with E-state index in [0.29, 0.717) is 11.4 Å². The van der Waals surface area contributed by atoms with Crippen LogP contribution in [0.4, 0.5) is 11.4 Å². The fraction of sp³-hybridized carbons (Fsp3) is 0.0400. The SMILES string of the molecule is Nc1c(O)cccc1C1(c2cccc(O)c2N)c2ccccc2-c2ccccc21. The molecule has 0 amide bonds. The Balaban J connectivity index is 2.04. The van der Waals surface area contributed by atoms with Gasteiger partial charge in [0, 0.05) is 0 Å². The first kappa shape index (κ1) is 17.2. The van der Waals surface area contributed by atoms with Crippen molar-refractivity contribution < 1.29 is 10.2 Å². The smallest absolute Gasteiger partial charge is 0.138 e. The zero-order valence-corrected chi connectivity index (χ0v) is 15.6. The molecule has 4 nitrogen and oxygen atoms in total. The van der Waals surface area contributed by atoms with E-state index in [1.54, 1.807) is 24.3 Å². The van der Waals surface area contributed by atoms with Gasteiger partial charge in [-0.3, -0.25) is 0 Å². The molecule has 1 aliphatic carbocycles. The van der Waals surface area contributed by atoms with Gasteiger partial charge in [-0.25, -0.2) is 0 Å². The first-order chi connectivity index (χ1) is 14.1. The van der Waals surface area contributed by atoms with Crippen molar-refractivity contribution in [1.82, 2.24) is 0 Å². The number of hydrogen-bond acceptors (Lipinski definition) is 4. The van der Waals surface area contributed by atoms with E-state index >= 15 is 0 Å². The highest BCUT2D eigenvalue weighted by Crippen LogP contribution is 2.59. The van der Waals surface area contributed by atoms with E-state index in [2.05, 4.69) is 24.3 Å². The molecule has 0 bridgehead atoms. The summed E-state index contributed by atoms with van der Waals surface area (Å²) in [6.45, 7) is 0. The largest absolute Gasteiger partial charge is 0.506 e. The van der Waals surface area contributed by atoms with Crippen LogP contribution >= 0.6 is 0 Å². The molecule has 0 saturated heterocycles. The summed E-state index contributed by atoms with van der Waals surface area (Å²) in [5, 5.41) is 20.9. The maximum Gasteiger partial charge on any atom is 0.138 e. The molecule has 0 fully saturated rings. The highest BCUT2D eigenvalue weighted by atomic mass is 16.3. The van der Waals surface area contributed by atoms with Gasteiger partial charge in [0.05, 0.1) is 16.8 Å². The Morgan fingerprint density at radius 1 is 0.483 bits per heavy atom. The Labute approximate surface area is 168 Å². The minimum Gasteiger partial charge on any atom is -0.506 e. The minimum absolute atomic E-state index is 0.0162. The van der Waals surface area contributed by atoms with Gasteiger partial charge >= 0.3 is 0 Å². The number of fused-ring (bicyclic) bond motifs is 3. The van der Waals surface area contributed by atoms with Crippen molar-refractivity contribution in [3.8, 4) is 22.6 Å². The van der Waals surface area contributed by atoms with E-state index in [0.717, 1.165) is 33.4 Å². The van der Waals surface area contributed by atoms with Crippen LogP contribution in [0.15, 0.2) is 84.9 Å². The number of phenolic OH excluding ortho intramolecular Hbond substituents is 2. The van der Waals surface area contributed by atoms with Crippen LogP contribution in [0.1, 0.15) is 22.3 Å². The molecule has 29 heavy (non-hydrogen) atoms. The lowest BCUT2D eigenvalue weighted by Gasteiger charge is -2.35. The minimum atomic E-state index is -0.862. The lowest BCUT2D eigenvalue weighted by atomic mass is 9.66. The van der Waals surface area contributed by atoms with Gasteiger partial charge in [0.15, 0.2) is 0 Å². The van der Waals surface area contributed by atoms with E-state index in [1.165, 1.54) is 0 Å². The number of rotatable bonds is 2. The molecule has 0 unspecified atom stereocenters. The van der Waals surface area contributed by atoms with E-state index in [1.807, 2.05) is 36.4 Å². The Kier molecular flexibility index (Phi) is 3.58. The van der Waals surface area contributed by atoms with Crippen LogP contribution in [-0.2, 0) is 5.41 Å². The van der Waals surface area contributed by atoms with Crippen molar-refractivity contribution in [2.24, 2.45) is 0 Å². The molecule has 0 atom stereocenters. The summed E-state index contributed by atoms with van der Waals surface area (Å²) < 4.78 is 0. The molecule has 0 spiro atoms. The number of aromatic hydroxyl groups is 2. The van der Waals surface area contributed by atoms with Crippen LogP contribution in [0.3, 0.4) is 0 Å². The molecule has 0 saturated carbocycles. The van der Waals surface area contributed by atoms with Gasteiger partial charge in [0.1, 0.15) is 11.5 Å². The van der Waals surface area contributed by atoms with Crippen molar-refractivity contribution in [2.45, 2.75) is 5.41 Å². The number of nitrogen functional groups attached to an aromatic ring is 2. The second-order valence-electron chi connectivity index (χ2n) is 7.32. The summed E-state index contributed by atoms with van der Waals surface area (Å²) in [4.78, 5) is 0. The Morgan fingerprint density at radius 3 is 1.31 bits per heavy atom. The van der Waals surface area contributed by atoms with E-state index in [9.17, 15) is 10.2 Å². The molecule has 1 aliphatic rings. The molecule has 6 N–H and O–H groups in total. The molecular weight excluding hydrogens is 360 g/mol. The summed E-state index contributed by atoms with van der Waals surface area (Å²) >= 11 is 0. The molecule has 142 valence electrons. The van der Waals surface area contributed by atoms with E-state index in [-0.39, 0.29) is 11.5 Å². The molecule has 0 heterocycles. The average molecular weight is 380 g/mol. The normalized spacial score (nSPS) is 13.7. The van der Waals surface area contributed by atoms with Gasteiger partial charge in [0.25, 0.3) is 0 Å². The number of nitrogens with two attached hydrogens (primary N) is 2. The van der Waals surface area contributed by atoms with Crippen molar-refractivity contribution in [3.05, 3.63) is 107 Å². The van der Waals surface area contributed by atoms with Crippen molar-refractivity contribution in [2.75, 3.05) is 11.5 Å². The first-order valence-corrected chi connectivity index (χ1v) is 9.42. The highest BCUT2D eigenvalue weighted by Gasteiger charge is 2.48.